The van der Waals surface area contributed by atoms with Crippen LogP contribution in [0.3, 0.4) is 0 Å². The first-order valence-electron chi connectivity index (χ1n) is 10.2. The molecule has 0 aliphatic carbocycles. The van der Waals surface area contributed by atoms with E-state index in [-0.39, 0.29) is 30.9 Å². The van der Waals surface area contributed by atoms with Crippen LogP contribution in [0.1, 0.15) is 63.5 Å². The van der Waals surface area contributed by atoms with E-state index in [9.17, 15) is 14.0 Å². The Hall–Kier alpha value is -2.38. The van der Waals surface area contributed by atoms with Gasteiger partial charge in [-0.3, -0.25) is 9.69 Å². The first-order chi connectivity index (χ1) is 14.3. The van der Waals surface area contributed by atoms with Crippen LogP contribution in [-0.4, -0.2) is 48.0 Å². The van der Waals surface area contributed by atoms with Crippen molar-refractivity contribution < 1.29 is 18.7 Å². The molecule has 3 rings (SSSR count). The summed E-state index contributed by atoms with van der Waals surface area (Å²) >= 11 is 6.31. The summed E-state index contributed by atoms with van der Waals surface area (Å²) in [7, 11) is 0. The predicted octanol–water partition coefficient (Wildman–Crippen LogP) is 4.17. The normalized spacial score (nSPS) is 15.2. The maximum Gasteiger partial charge on any atom is 0.340 e. The molecular weight excluding hydrogens is 409 g/mol. The molecule has 1 unspecified atom stereocenters. The van der Waals surface area contributed by atoms with Crippen molar-refractivity contribution in [1.82, 2.24) is 15.2 Å². The summed E-state index contributed by atoms with van der Waals surface area (Å²) in [6, 6.07) is 4.25. The molecule has 30 heavy (non-hydrogen) atoms. The van der Waals surface area contributed by atoms with Gasteiger partial charge in [-0.05, 0) is 64.4 Å². The Morgan fingerprint density at radius 3 is 2.63 bits per heavy atom. The third-order valence-electron chi connectivity index (χ3n) is 5.51. The van der Waals surface area contributed by atoms with Gasteiger partial charge in [-0.25, -0.2) is 9.18 Å². The second-order valence-corrected chi connectivity index (χ2v) is 7.86. The summed E-state index contributed by atoms with van der Waals surface area (Å²) in [5.41, 5.74) is 2.17. The number of aryl methyl sites for hydroxylation is 1. The van der Waals surface area contributed by atoms with E-state index in [1.165, 1.54) is 6.07 Å². The maximum atomic E-state index is 14.6. The Labute approximate surface area is 180 Å². The molecule has 1 aliphatic heterocycles. The van der Waals surface area contributed by atoms with Crippen molar-refractivity contribution in [3.05, 3.63) is 57.1 Å². The lowest BCUT2D eigenvalue weighted by Crippen LogP contribution is -2.37. The van der Waals surface area contributed by atoms with E-state index in [1.54, 1.807) is 32.9 Å². The molecule has 1 aromatic carbocycles. The SMILES string of the molecule is CCOC(=O)c1c(C)[nH]c(C(=O)NCC(c2c(F)cccc2Cl)N2CCCC2)c1C. The summed E-state index contributed by atoms with van der Waals surface area (Å²) in [4.78, 5) is 30.2. The smallest absolute Gasteiger partial charge is 0.340 e. The summed E-state index contributed by atoms with van der Waals surface area (Å²) in [5, 5.41) is 3.24. The van der Waals surface area contributed by atoms with Crippen LogP contribution in [0.25, 0.3) is 0 Å². The highest BCUT2D eigenvalue weighted by atomic mass is 35.5. The van der Waals surface area contributed by atoms with Gasteiger partial charge < -0.3 is 15.0 Å². The summed E-state index contributed by atoms with van der Waals surface area (Å²) in [6.07, 6.45) is 2.04. The minimum absolute atomic E-state index is 0.200. The lowest BCUT2D eigenvalue weighted by molar-refractivity contribution is 0.0525. The van der Waals surface area contributed by atoms with Crippen molar-refractivity contribution in [2.75, 3.05) is 26.2 Å². The number of H-pyrrole nitrogens is 1. The molecule has 2 N–H and O–H groups in total. The van der Waals surface area contributed by atoms with E-state index in [1.807, 2.05) is 0 Å². The van der Waals surface area contributed by atoms with Crippen LogP contribution in [0.15, 0.2) is 18.2 Å². The van der Waals surface area contributed by atoms with E-state index in [0.717, 1.165) is 25.9 Å². The molecule has 8 heteroatoms. The Kier molecular flexibility index (Phi) is 7.15. The number of ether oxygens (including phenoxy) is 1. The Morgan fingerprint density at radius 2 is 2.00 bits per heavy atom. The lowest BCUT2D eigenvalue weighted by atomic mass is 10.0. The monoisotopic (exact) mass is 435 g/mol. The number of aromatic amines is 1. The molecule has 0 bridgehead atoms. The molecule has 1 aliphatic rings. The number of carbonyl (C=O) groups excluding carboxylic acids is 2. The van der Waals surface area contributed by atoms with Gasteiger partial charge in [0.2, 0.25) is 0 Å². The number of nitrogens with zero attached hydrogens (tertiary/aromatic N) is 1. The molecule has 1 atom stereocenters. The number of nitrogens with one attached hydrogen (secondary N) is 2. The number of halogens is 2. The molecule has 0 radical (unpaired) electrons. The van der Waals surface area contributed by atoms with Gasteiger partial charge in [-0.15, -0.1) is 0 Å². The fraction of sp³-hybridized carbons (Fsp3) is 0.455. The van der Waals surface area contributed by atoms with Gasteiger partial charge >= 0.3 is 5.97 Å². The number of hydrogen-bond donors (Lipinski definition) is 2. The molecule has 162 valence electrons. The zero-order chi connectivity index (χ0) is 21.8. The number of aromatic nitrogens is 1. The van der Waals surface area contributed by atoms with Gasteiger partial charge in [0.15, 0.2) is 0 Å². The quantitative estimate of drug-likeness (QED) is 0.640. The van der Waals surface area contributed by atoms with Gasteiger partial charge in [0.05, 0.1) is 18.2 Å². The Balaban J connectivity index is 1.82. The molecule has 6 nitrogen and oxygen atoms in total. The molecule has 1 fully saturated rings. The standard InChI is InChI=1S/C22H27ClFN3O3/c1-4-30-22(29)18-13(2)20(26-14(18)3)21(28)25-12-17(27-10-5-6-11-27)19-15(23)8-7-9-16(19)24/h7-9,17,26H,4-6,10-12H2,1-3H3,(H,25,28). The van der Waals surface area contributed by atoms with Crippen LogP contribution in [0.4, 0.5) is 4.39 Å². The first-order valence-corrected chi connectivity index (χ1v) is 10.5. The zero-order valence-corrected chi connectivity index (χ0v) is 18.2. The van der Waals surface area contributed by atoms with Crippen molar-refractivity contribution in [3.63, 3.8) is 0 Å². The average molecular weight is 436 g/mol. The van der Waals surface area contributed by atoms with E-state index in [2.05, 4.69) is 15.2 Å². The molecule has 1 aromatic heterocycles. The van der Waals surface area contributed by atoms with Crippen molar-refractivity contribution in [2.24, 2.45) is 0 Å². The molecule has 0 saturated carbocycles. The molecule has 1 amide bonds. The third kappa shape index (κ3) is 4.52. The second kappa shape index (κ2) is 9.62. The number of rotatable bonds is 7. The number of hydrogen-bond acceptors (Lipinski definition) is 4. The van der Waals surface area contributed by atoms with Gasteiger partial charge in [-0.1, -0.05) is 17.7 Å². The number of amides is 1. The largest absolute Gasteiger partial charge is 0.462 e. The minimum atomic E-state index is -0.462. The fourth-order valence-electron chi connectivity index (χ4n) is 4.06. The van der Waals surface area contributed by atoms with Crippen molar-refractivity contribution >= 4 is 23.5 Å². The van der Waals surface area contributed by atoms with Crippen molar-refractivity contribution in [1.29, 1.82) is 0 Å². The van der Waals surface area contributed by atoms with Crippen molar-refractivity contribution in [3.8, 4) is 0 Å². The molecule has 2 heterocycles. The lowest BCUT2D eigenvalue weighted by Gasteiger charge is -2.29. The zero-order valence-electron chi connectivity index (χ0n) is 17.5. The topological polar surface area (TPSA) is 74.4 Å². The van der Waals surface area contributed by atoms with Crippen LogP contribution < -0.4 is 5.32 Å². The third-order valence-corrected chi connectivity index (χ3v) is 5.84. The molecular formula is C22H27ClFN3O3. The minimum Gasteiger partial charge on any atom is -0.462 e. The highest BCUT2D eigenvalue weighted by Crippen LogP contribution is 2.32. The van der Waals surface area contributed by atoms with Crippen LogP contribution in [-0.2, 0) is 4.74 Å². The molecule has 1 saturated heterocycles. The number of esters is 1. The Morgan fingerprint density at radius 1 is 1.30 bits per heavy atom. The number of benzene rings is 1. The van der Waals surface area contributed by atoms with E-state index in [0.29, 0.717) is 33.1 Å². The van der Waals surface area contributed by atoms with Crippen LogP contribution >= 0.6 is 11.6 Å². The molecule has 0 spiro atoms. The number of likely N-dealkylation sites (tertiary alicyclic amines) is 1. The van der Waals surface area contributed by atoms with Crippen LogP contribution in [0.5, 0.6) is 0 Å². The Bertz CT molecular complexity index is 918. The predicted molar refractivity (Wildman–Crippen MR) is 114 cm³/mol. The van der Waals surface area contributed by atoms with E-state index >= 15 is 0 Å². The van der Waals surface area contributed by atoms with Crippen molar-refractivity contribution in [2.45, 2.75) is 39.7 Å². The van der Waals surface area contributed by atoms with Gasteiger partial charge in [0.1, 0.15) is 11.5 Å². The molecule has 2 aromatic rings. The van der Waals surface area contributed by atoms with Crippen LogP contribution in [0.2, 0.25) is 5.02 Å². The maximum absolute atomic E-state index is 14.6. The van der Waals surface area contributed by atoms with E-state index in [4.69, 9.17) is 16.3 Å². The highest BCUT2D eigenvalue weighted by molar-refractivity contribution is 6.31. The van der Waals surface area contributed by atoms with Gasteiger partial charge in [-0.2, -0.15) is 0 Å². The van der Waals surface area contributed by atoms with E-state index < -0.39 is 5.97 Å². The van der Waals surface area contributed by atoms with Crippen LogP contribution in [0, 0.1) is 19.7 Å². The summed E-state index contributed by atoms with van der Waals surface area (Å²) in [6.45, 7) is 7.25. The van der Waals surface area contributed by atoms with Gasteiger partial charge in [0, 0.05) is 22.8 Å². The average Bonchev–Trinajstić information content (AvgIpc) is 3.32. The number of carbonyl (C=O) groups is 2. The summed E-state index contributed by atoms with van der Waals surface area (Å²) < 4.78 is 19.7. The second-order valence-electron chi connectivity index (χ2n) is 7.45. The van der Waals surface area contributed by atoms with Gasteiger partial charge in [0.25, 0.3) is 5.91 Å². The summed E-state index contributed by atoms with van der Waals surface area (Å²) in [5.74, 6) is -1.20. The highest BCUT2D eigenvalue weighted by Gasteiger charge is 2.29. The first kappa shape index (κ1) is 22.3. The fourth-order valence-corrected chi connectivity index (χ4v) is 4.35.